The highest BCUT2D eigenvalue weighted by atomic mass is 32.2. The Kier molecular flexibility index (Phi) is 4.84. The van der Waals surface area contributed by atoms with Crippen LogP contribution < -0.4 is 5.73 Å². The Balaban J connectivity index is 2.12. The molecule has 0 aliphatic carbocycles. The second kappa shape index (κ2) is 6.96. The minimum atomic E-state index is -3.94. The Morgan fingerprint density at radius 3 is 2.26 bits per heavy atom. The van der Waals surface area contributed by atoms with Gasteiger partial charge >= 0.3 is 0 Å². The molecular formula is C19H20N4O3S. The monoisotopic (exact) mass is 384 g/mol. The summed E-state index contributed by atoms with van der Waals surface area (Å²) < 4.78 is 27.2. The Bertz CT molecular complexity index is 1100. The minimum absolute atomic E-state index is 0.0299. The summed E-state index contributed by atoms with van der Waals surface area (Å²) in [6.07, 6.45) is 3.93. The summed E-state index contributed by atoms with van der Waals surface area (Å²) in [6, 6.07) is 6.80. The first-order valence-electron chi connectivity index (χ1n) is 8.29. The van der Waals surface area contributed by atoms with Gasteiger partial charge in [-0.3, -0.25) is 14.5 Å². The van der Waals surface area contributed by atoms with E-state index in [1.807, 2.05) is 32.9 Å². The highest BCUT2D eigenvalue weighted by Crippen LogP contribution is 2.25. The summed E-state index contributed by atoms with van der Waals surface area (Å²) >= 11 is 0. The third-order valence-corrected chi connectivity index (χ3v) is 6.21. The fourth-order valence-electron chi connectivity index (χ4n) is 3.19. The zero-order valence-electron chi connectivity index (χ0n) is 15.3. The van der Waals surface area contributed by atoms with E-state index < -0.39 is 15.7 Å². The molecule has 0 unspecified atom stereocenters. The normalized spacial score (nSPS) is 11.5. The Labute approximate surface area is 157 Å². The van der Waals surface area contributed by atoms with Crippen molar-refractivity contribution in [2.24, 2.45) is 5.73 Å². The third-order valence-electron chi connectivity index (χ3n) is 4.44. The molecule has 2 N–H and O–H groups in total. The van der Waals surface area contributed by atoms with Crippen molar-refractivity contribution in [3.8, 4) is 0 Å². The maximum Gasteiger partial charge on any atom is 0.268 e. The van der Waals surface area contributed by atoms with Gasteiger partial charge in [0, 0.05) is 12.4 Å². The maximum absolute atomic E-state index is 12.9. The second-order valence-electron chi connectivity index (χ2n) is 6.44. The smallest absolute Gasteiger partial charge is 0.268 e. The molecule has 0 saturated carbocycles. The van der Waals surface area contributed by atoms with Crippen molar-refractivity contribution in [2.75, 3.05) is 0 Å². The number of aromatic nitrogens is 3. The molecule has 7 nitrogen and oxygen atoms in total. The number of primary amides is 1. The van der Waals surface area contributed by atoms with Gasteiger partial charge in [-0.2, -0.15) is 5.10 Å². The number of pyridine rings is 1. The summed E-state index contributed by atoms with van der Waals surface area (Å²) in [6.45, 7) is 6.20. The van der Waals surface area contributed by atoms with Crippen molar-refractivity contribution in [3.63, 3.8) is 0 Å². The zero-order chi connectivity index (χ0) is 19.8. The van der Waals surface area contributed by atoms with Crippen LogP contribution in [0.3, 0.4) is 0 Å². The first kappa shape index (κ1) is 18.8. The number of rotatable bonds is 5. The SMILES string of the molecule is Cc1cc(C)c(Cn2ncc(S(=O)(=O)c3ccncc3)c2C(N)=O)c(C)c1. The average molecular weight is 384 g/mol. The molecule has 3 rings (SSSR count). The number of carbonyl (C=O) groups excluding carboxylic acids is 1. The molecule has 1 amide bonds. The number of hydrogen-bond donors (Lipinski definition) is 1. The standard InChI is InChI=1S/C19H20N4O3S/c1-12-8-13(2)16(14(3)9-12)11-23-18(19(20)24)17(10-22-23)27(25,26)15-4-6-21-7-5-15/h4-10H,11H2,1-3H3,(H2,20,24). The van der Waals surface area contributed by atoms with Gasteiger partial charge in [-0.05, 0) is 49.6 Å². The van der Waals surface area contributed by atoms with E-state index in [1.54, 1.807) is 0 Å². The maximum atomic E-state index is 12.9. The lowest BCUT2D eigenvalue weighted by Crippen LogP contribution is -2.21. The van der Waals surface area contributed by atoms with Crippen LogP contribution in [0.5, 0.6) is 0 Å². The molecule has 8 heteroatoms. The lowest BCUT2D eigenvalue weighted by Gasteiger charge is -2.13. The lowest BCUT2D eigenvalue weighted by atomic mass is 10.00. The van der Waals surface area contributed by atoms with Crippen LogP contribution in [0, 0.1) is 20.8 Å². The fraction of sp³-hybridized carbons (Fsp3) is 0.211. The minimum Gasteiger partial charge on any atom is -0.364 e. The van der Waals surface area contributed by atoms with E-state index in [0.29, 0.717) is 0 Å². The van der Waals surface area contributed by atoms with Crippen LogP contribution in [0.1, 0.15) is 32.7 Å². The van der Waals surface area contributed by atoms with Gasteiger partial charge < -0.3 is 5.73 Å². The Hall–Kier alpha value is -3.00. The van der Waals surface area contributed by atoms with Crippen LogP contribution in [0.2, 0.25) is 0 Å². The molecule has 0 radical (unpaired) electrons. The van der Waals surface area contributed by atoms with Crippen LogP contribution in [0.15, 0.2) is 52.6 Å². The molecule has 0 aliphatic rings. The van der Waals surface area contributed by atoms with Crippen molar-refractivity contribution in [3.05, 3.63) is 70.8 Å². The highest BCUT2D eigenvalue weighted by Gasteiger charge is 2.28. The average Bonchev–Trinajstić information content (AvgIpc) is 3.03. The first-order valence-corrected chi connectivity index (χ1v) is 9.77. The molecule has 1 aromatic carbocycles. The van der Waals surface area contributed by atoms with E-state index in [1.165, 1.54) is 35.4 Å². The molecule has 0 saturated heterocycles. The van der Waals surface area contributed by atoms with E-state index >= 15 is 0 Å². The predicted octanol–water partition coefficient (Wildman–Crippen LogP) is 2.18. The first-order chi connectivity index (χ1) is 12.7. The lowest BCUT2D eigenvalue weighted by molar-refractivity contribution is 0.0987. The molecule has 0 fully saturated rings. The van der Waals surface area contributed by atoms with E-state index in [-0.39, 0.29) is 22.0 Å². The molecule has 3 aromatic rings. The largest absolute Gasteiger partial charge is 0.364 e. The molecule has 2 heterocycles. The van der Waals surface area contributed by atoms with Gasteiger partial charge in [-0.15, -0.1) is 0 Å². The van der Waals surface area contributed by atoms with Crippen LogP contribution in [0.25, 0.3) is 0 Å². The van der Waals surface area contributed by atoms with Crippen molar-refractivity contribution in [1.82, 2.24) is 14.8 Å². The van der Waals surface area contributed by atoms with Crippen LogP contribution in [-0.2, 0) is 16.4 Å². The summed E-state index contributed by atoms with van der Waals surface area (Å²) in [4.78, 5) is 15.7. The number of sulfone groups is 1. The van der Waals surface area contributed by atoms with Crippen molar-refractivity contribution in [1.29, 1.82) is 0 Å². The van der Waals surface area contributed by atoms with Gasteiger partial charge in [0.25, 0.3) is 5.91 Å². The fourth-order valence-corrected chi connectivity index (χ4v) is 4.57. The van der Waals surface area contributed by atoms with Crippen molar-refractivity contribution >= 4 is 15.7 Å². The molecule has 2 aromatic heterocycles. The molecule has 0 spiro atoms. The second-order valence-corrected chi connectivity index (χ2v) is 8.36. The molecule has 27 heavy (non-hydrogen) atoms. The Morgan fingerprint density at radius 1 is 1.11 bits per heavy atom. The molecule has 0 aliphatic heterocycles. The summed E-state index contributed by atoms with van der Waals surface area (Å²) in [5.41, 5.74) is 9.56. The van der Waals surface area contributed by atoms with Gasteiger partial charge in [0.15, 0.2) is 0 Å². The topological polar surface area (TPSA) is 108 Å². The number of nitrogens with zero attached hydrogens (tertiary/aromatic N) is 3. The predicted molar refractivity (Wildman–Crippen MR) is 100 cm³/mol. The van der Waals surface area contributed by atoms with Gasteiger partial charge in [-0.1, -0.05) is 17.7 Å². The number of hydrogen-bond acceptors (Lipinski definition) is 5. The number of amides is 1. The molecule has 0 bridgehead atoms. The number of nitrogens with two attached hydrogens (primary N) is 1. The van der Waals surface area contributed by atoms with Crippen LogP contribution >= 0.6 is 0 Å². The van der Waals surface area contributed by atoms with Gasteiger partial charge in [0.1, 0.15) is 10.6 Å². The molecule has 140 valence electrons. The van der Waals surface area contributed by atoms with Gasteiger partial charge in [0.05, 0.1) is 17.6 Å². The quantitative estimate of drug-likeness (QED) is 0.725. The Morgan fingerprint density at radius 2 is 1.70 bits per heavy atom. The van der Waals surface area contributed by atoms with Gasteiger partial charge in [-0.25, -0.2) is 8.42 Å². The van der Waals surface area contributed by atoms with E-state index in [2.05, 4.69) is 10.1 Å². The van der Waals surface area contributed by atoms with Crippen LogP contribution in [-0.4, -0.2) is 29.1 Å². The summed E-state index contributed by atoms with van der Waals surface area (Å²) in [7, 11) is -3.94. The van der Waals surface area contributed by atoms with E-state index in [0.717, 1.165) is 22.3 Å². The molecule has 0 atom stereocenters. The third kappa shape index (κ3) is 3.48. The van der Waals surface area contributed by atoms with Crippen LogP contribution in [0.4, 0.5) is 0 Å². The number of carbonyl (C=O) groups is 1. The van der Waals surface area contributed by atoms with Gasteiger partial charge in [0.2, 0.25) is 9.84 Å². The zero-order valence-corrected chi connectivity index (χ0v) is 16.1. The highest BCUT2D eigenvalue weighted by molar-refractivity contribution is 7.91. The van der Waals surface area contributed by atoms with Crippen molar-refractivity contribution < 1.29 is 13.2 Å². The summed E-state index contributed by atoms with van der Waals surface area (Å²) in [5, 5.41) is 4.15. The van der Waals surface area contributed by atoms with E-state index in [4.69, 9.17) is 5.73 Å². The summed E-state index contributed by atoms with van der Waals surface area (Å²) in [5.74, 6) is -0.845. The van der Waals surface area contributed by atoms with Crippen molar-refractivity contribution in [2.45, 2.75) is 37.1 Å². The molecular weight excluding hydrogens is 364 g/mol. The van der Waals surface area contributed by atoms with E-state index in [9.17, 15) is 13.2 Å². The number of benzene rings is 1. The number of aryl methyl sites for hydroxylation is 3.